The molecule has 0 spiro atoms. The van der Waals surface area contributed by atoms with E-state index in [2.05, 4.69) is 9.71 Å². The van der Waals surface area contributed by atoms with E-state index in [1.165, 1.54) is 0 Å². The molecule has 2 heterocycles. The third-order valence-corrected chi connectivity index (χ3v) is 6.33. The molecule has 3 rings (SSSR count). The lowest BCUT2D eigenvalue weighted by atomic mass is 10.1. The number of hydrogen-bond acceptors (Lipinski definition) is 4. The summed E-state index contributed by atoms with van der Waals surface area (Å²) in [5, 5.41) is 0. The number of piperidine rings is 1. The number of carbonyl (C=O) groups is 1. The zero-order valence-corrected chi connectivity index (χ0v) is 15.8. The Balaban J connectivity index is 1.63. The number of likely N-dealkylation sites (tertiary alicyclic amines) is 1. The van der Waals surface area contributed by atoms with Crippen LogP contribution >= 0.6 is 0 Å². The zero-order chi connectivity index (χ0) is 18.7. The van der Waals surface area contributed by atoms with Gasteiger partial charge >= 0.3 is 0 Å². The number of pyridine rings is 1. The summed E-state index contributed by atoms with van der Waals surface area (Å²) in [6.07, 6.45) is 4.39. The molecule has 0 radical (unpaired) electrons. The number of nitrogens with zero attached hydrogens (tertiary/aromatic N) is 2. The van der Waals surface area contributed by atoms with Crippen molar-refractivity contribution in [3.05, 3.63) is 59.4 Å². The van der Waals surface area contributed by atoms with Crippen LogP contribution in [-0.2, 0) is 10.0 Å². The van der Waals surface area contributed by atoms with Gasteiger partial charge in [-0.15, -0.1) is 0 Å². The van der Waals surface area contributed by atoms with Crippen LogP contribution in [0.2, 0.25) is 0 Å². The Bertz CT molecular complexity index is 890. The number of nitrogens with one attached hydrogen (secondary N) is 1. The van der Waals surface area contributed by atoms with Crippen LogP contribution in [0.3, 0.4) is 0 Å². The minimum absolute atomic E-state index is 0.0387. The van der Waals surface area contributed by atoms with E-state index >= 15 is 0 Å². The first-order valence-corrected chi connectivity index (χ1v) is 10.1. The van der Waals surface area contributed by atoms with Gasteiger partial charge in [-0.2, -0.15) is 0 Å². The van der Waals surface area contributed by atoms with Crippen LogP contribution in [0.25, 0.3) is 0 Å². The van der Waals surface area contributed by atoms with Gasteiger partial charge in [-0.25, -0.2) is 13.1 Å². The van der Waals surface area contributed by atoms with Crippen LogP contribution < -0.4 is 4.72 Å². The quantitative estimate of drug-likeness (QED) is 0.892. The molecule has 0 atom stereocenters. The summed E-state index contributed by atoms with van der Waals surface area (Å²) < 4.78 is 28.2. The maximum absolute atomic E-state index is 12.7. The van der Waals surface area contributed by atoms with Crippen LogP contribution in [0.1, 0.15) is 34.3 Å². The highest BCUT2D eigenvalue weighted by Crippen LogP contribution is 2.20. The van der Waals surface area contributed by atoms with Crippen molar-refractivity contribution < 1.29 is 13.2 Å². The molecule has 7 heteroatoms. The Labute approximate surface area is 154 Å². The van der Waals surface area contributed by atoms with E-state index in [0.717, 1.165) is 11.1 Å². The smallest absolute Gasteiger partial charge is 0.253 e. The fourth-order valence-electron chi connectivity index (χ4n) is 3.16. The van der Waals surface area contributed by atoms with Gasteiger partial charge < -0.3 is 4.90 Å². The van der Waals surface area contributed by atoms with Gasteiger partial charge in [0.1, 0.15) is 0 Å². The van der Waals surface area contributed by atoms with Crippen molar-refractivity contribution in [1.82, 2.24) is 14.6 Å². The van der Waals surface area contributed by atoms with Crippen molar-refractivity contribution in [1.29, 1.82) is 0 Å². The van der Waals surface area contributed by atoms with Crippen molar-refractivity contribution in [2.45, 2.75) is 37.6 Å². The van der Waals surface area contributed by atoms with E-state index < -0.39 is 10.0 Å². The molecule has 0 bridgehead atoms. The number of hydrogen-bond donors (Lipinski definition) is 1. The van der Waals surface area contributed by atoms with Crippen LogP contribution in [0, 0.1) is 13.8 Å². The van der Waals surface area contributed by atoms with Crippen molar-refractivity contribution in [3.8, 4) is 0 Å². The van der Waals surface area contributed by atoms with E-state index in [1.54, 1.807) is 42.4 Å². The lowest BCUT2D eigenvalue weighted by Gasteiger charge is -2.32. The molecule has 1 aliphatic heterocycles. The number of benzene rings is 1. The lowest BCUT2D eigenvalue weighted by Crippen LogP contribution is -2.46. The first kappa shape index (κ1) is 18.5. The number of rotatable bonds is 4. The molecule has 1 aromatic heterocycles. The first-order valence-electron chi connectivity index (χ1n) is 8.66. The Morgan fingerprint density at radius 1 is 1.12 bits per heavy atom. The predicted octanol–water partition coefficient (Wildman–Crippen LogP) is 2.28. The van der Waals surface area contributed by atoms with Gasteiger partial charge in [0.05, 0.1) is 4.90 Å². The van der Waals surface area contributed by atoms with Crippen LogP contribution in [-0.4, -0.2) is 43.3 Å². The molecule has 1 amide bonds. The molecular weight excluding hydrogens is 350 g/mol. The van der Waals surface area contributed by atoms with Gasteiger partial charge in [0.25, 0.3) is 5.91 Å². The predicted molar refractivity (Wildman–Crippen MR) is 99.4 cm³/mol. The van der Waals surface area contributed by atoms with Gasteiger partial charge in [-0.3, -0.25) is 9.78 Å². The van der Waals surface area contributed by atoms with Crippen LogP contribution in [0.5, 0.6) is 0 Å². The average Bonchev–Trinajstić information content (AvgIpc) is 2.64. The van der Waals surface area contributed by atoms with E-state index in [0.29, 0.717) is 36.4 Å². The molecule has 26 heavy (non-hydrogen) atoms. The number of sulfonamides is 1. The van der Waals surface area contributed by atoms with Crippen molar-refractivity contribution in [3.63, 3.8) is 0 Å². The summed E-state index contributed by atoms with van der Waals surface area (Å²) in [6.45, 7) is 4.73. The lowest BCUT2D eigenvalue weighted by molar-refractivity contribution is 0.0711. The molecule has 2 aromatic rings. The molecule has 1 saturated heterocycles. The molecule has 6 nitrogen and oxygen atoms in total. The van der Waals surface area contributed by atoms with Crippen molar-refractivity contribution in [2.75, 3.05) is 13.1 Å². The normalized spacial score (nSPS) is 15.8. The maximum Gasteiger partial charge on any atom is 0.253 e. The second kappa shape index (κ2) is 7.55. The van der Waals surface area contributed by atoms with Crippen molar-refractivity contribution >= 4 is 15.9 Å². The van der Waals surface area contributed by atoms with E-state index in [-0.39, 0.29) is 11.9 Å². The molecule has 1 N–H and O–H groups in total. The standard InChI is InChI=1S/C19H23N3O3S/c1-14-3-4-15(2)18(13-14)26(24,25)21-17-7-11-22(12-8-17)19(23)16-5-9-20-10-6-16/h3-6,9-10,13,17,21H,7-8,11-12H2,1-2H3. The summed E-state index contributed by atoms with van der Waals surface area (Å²) in [5.41, 5.74) is 2.25. The highest BCUT2D eigenvalue weighted by atomic mass is 32.2. The second-order valence-electron chi connectivity index (χ2n) is 6.69. The molecule has 138 valence electrons. The summed E-state index contributed by atoms with van der Waals surface area (Å²) >= 11 is 0. The van der Waals surface area contributed by atoms with Gasteiger partial charge in [-0.05, 0) is 56.0 Å². The van der Waals surface area contributed by atoms with E-state index in [4.69, 9.17) is 0 Å². The third kappa shape index (κ3) is 4.11. The minimum atomic E-state index is -3.56. The summed E-state index contributed by atoms with van der Waals surface area (Å²) in [6, 6.07) is 8.63. The Kier molecular flexibility index (Phi) is 5.38. The number of aryl methyl sites for hydroxylation is 2. The minimum Gasteiger partial charge on any atom is -0.339 e. The highest BCUT2D eigenvalue weighted by Gasteiger charge is 2.27. The Morgan fingerprint density at radius 3 is 2.42 bits per heavy atom. The topological polar surface area (TPSA) is 79.4 Å². The van der Waals surface area contributed by atoms with Gasteiger partial charge in [-0.1, -0.05) is 12.1 Å². The Morgan fingerprint density at radius 2 is 1.77 bits per heavy atom. The summed E-state index contributed by atoms with van der Waals surface area (Å²) in [7, 11) is -3.56. The molecule has 1 aromatic carbocycles. The fourth-order valence-corrected chi connectivity index (χ4v) is 4.79. The van der Waals surface area contributed by atoms with Crippen molar-refractivity contribution in [2.24, 2.45) is 0 Å². The number of amides is 1. The highest BCUT2D eigenvalue weighted by molar-refractivity contribution is 7.89. The summed E-state index contributed by atoms with van der Waals surface area (Å²) in [5.74, 6) is -0.0387. The molecule has 0 aliphatic carbocycles. The number of carbonyl (C=O) groups excluding carboxylic acids is 1. The molecule has 1 aliphatic rings. The maximum atomic E-state index is 12.7. The monoisotopic (exact) mass is 373 g/mol. The summed E-state index contributed by atoms with van der Waals surface area (Å²) in [4.78, 5) is 18.5. The van der Waals surface area contributed by atoms with Gasteiger partial charge in [0, 0.05) is 37.1 Å². The van der Waals surface area contributed by atoms with Gasteiger partial charge in [0.15, 0.2) is 0 Å². The largest absolute Gasteiger partial charge is 0.339 e. The fraction of sp³-hybridized carbons (Fsp3) is 0.368. The molecular formula is C19H23N3O3S. The SMILES string of the molecule is Cc1ccc(C)c(S(=O)(=O)NC2CCN(C(=O)c3ccncc3)CC2)c1. The Hall–Kier alpha value is -2.25. The zero-order valence-electron chi connectivity index (χ0n) is 15.0. The molecule has 0 saturated carbocycles. The third-order valence-electron chi connectivity index (χ3n) is 4.66. The molecule has 0 unspecified atom stereocenters. The van der Waals surface area contributed by atoms with Crippen LogP contribution in [0.15, 0.2) is 47.6 Å². The second-order valence-corrected chi connectivity index (χ2v) is 8.38. The number of aromatic nitrogens is 1. The van der Waals surface area contributed by atoms with E-state index in [1.807, 2.05) is 19.1 Å². The van der Waals surface area contributed by atoms with Gasteiger partial charge in [0.2, 0.25) is 10.0 Å². The average molecular weight is 373 g/mol. The first-order chi connectivity index (χ1) is 12.4. The molecule has 1 fully saturated rings. The van der Waals surface area contributed by atoms with E-state index in [9.17, 15) is 13.2 Å². The van der Waals surface area contributed by atoms with Crippen LogP contribution in [0.4, 0.5) is 0 Å².